The molecule has 0 bridgehead atoms. The van der Waals surface area contributed by atoms with Crippen molar-refractivity contribution in [2.45, 2.75) is 36.6 Å². The molecule has 2 N–H and O–H groups in total. The highest BCUT2D eigenvalue weighted by molar-refractivity contribution is 7.89. The average Bonchev–Trinajstić information content (AvgIpc) is 2.54. The van der Waals surface area contributed by atoms with Gasteiger partial charge in [-0.2, -0.15) is 0 Å². The second-order valence-corrected chi connectivity index (χ2v) is 7.09. The zero-order valence-electron chi connectivity index (χ0n) is 12.6. The number of hydrogen-bond acceptors (Lipinski definition) is 6. The van der Waals surface area contributed by atoms with Crippen LogP contribution >= 0.6 is 0 Å². The van der Waals surface area contributed by atoms with Gasteiger partial charge in [0.05, 0.1) is 13.0 Å². The first kappa shape index (κ1) is 17.4. The van der Waals surface area contributed by atoms with E-state index in [2.05, 4.69) is 14.4 Å². The summed E-state index contributed by atoms with van der Waals surface area (Å²) >= 11 is 0. The van der Waals surface area contributed by atoms with E-state index >= 15 is 0 Å². The molecule has 1 aromatic rings. The maximum Gasteiger partial charge on any atom is 0.356 e. The van der Waals surface area contributed by atoms with Gasteiger partial charge in [0.1, 0.15) is 10.6 Å². The molecule has 0 saturated heterocycles. The van der Waals surface area contributed by atoms with Gasteiger partial charge in [-0.05, 0) is 37.8 Å². The molecular weight excluding hydrogens is 324 g/mol. The lowest BCUT2D eigenvalue weighted by atomic mass is 9.87. The SMILES string of the molecule is COC(=O)c1ccc(S(=O)(=O)NC2CCC(C(=O)O)CC2)cn1. The topological polar surface area (TPSA) is 123 Å². The zero-order chi connectivity index (χ0) is 17.0. The van der Waals surface area contributed by atoms with Crippen LogP contribution < -0.4 is 4.72 Å². The fraction of sp³-hybridized carbons (Fsp3) is 0.500. The molecule has 9 heteroatoms. The lowest BCUT2D eigenvalue weighted by Gasteiger charge is -2.26. The van der Waals surface area contributed by atoms with E-state index in [4.69, 9.17) is 5.11 Å². The van der Waals surface area contributed by atoms with Crippen molar-refractivity contribution in [3.8, 4) is 0 Å². The molecule has 0 amide bonds. The summed E-state index contributed by atoms with van der Waals surface area (Å²) in [5.74, 6) is -1.89. The smallest absolute Gasteiger partial charge is 0.356 e. The number of rotatable bonds is 5. The first-order chi connectivity index (χ1) is 10.8. The molecule has 1 heterocycles. The van der Waals surface area contributed by atoms with Crippen LogP contribution in [0.25, 0.3) is 0 Å². The predicted molar refractivity (Wildman–Crippen MR) is 79.3 cm³/mol. The Balaban J connectivity index is 2.02. The van der Waals surface area contributed by atoms with Crippen molar-refractivity contribution in [3.05, 3.63) is 24.0 Å². The predicted octanol–water partition coefficient (Wildman–Crippen LogP) is 0.790. The van der Waals surface area contributed by atoms with E-state index in [1.165, 1.54) is 19.2 Å². The van der Waals surface area contributed by atoms with Gasteiger partial charge >= 0.3 is 11.9 Å². The summed E-state index contributed by atoms with van der Waals surface area (Å²) in [5.41, 5.74) is 0.0217. The van der Waals surface area contributed by atoms with Gasteiger partial charge in [0.15, 0.2) is 0 Å². The van der Waals surface area contributed by atoms with Crippen molar-refractivity contribution in [1.29, 1.82) is 0 Å². The molecule has 0 radical (unpaired) electrons. The van der Waals surface area contributed by atoms with Crippen molar-refractivity contribution in [1.82, 2.24) is 9.71 Å². The zero-order valence-corrected chi connectivity index (χ0v) is 13.4. The minimum atomic E-state index is -3.76. The number of pyridine rings is 1. The minimum absolute atomic E-state index is 0.0217. The lowest BCUT2D eigenvalue weighted by Crippen LogP contribution is -2.38. The first-order valence-electron chi connectivity index (χ1n) is 7.13. The number of nitrogens with zero attached hydrogens (tertiary/aromatic N) is 1. The Kier molecular flexibility index (Phi) is 5.32. The minimum Gasteiger partial charge on any atom is -0.481 e. The molecule has 0 aliphatic heterocycles. The summed E-state index contributed by atoms with van der Waals surface area (Å²) < 4.78 is 31.6. The van der Waals surface area contributed by atoms with Crippen LogP contribution in [0.5, 0.6) is 0 Å². The number of aliphatic carboxylic acids is 1. The normalized spacial score (nSPS) is 21.6. The van der Waals surface area contributed by atoms with E-state index in [-0.39, 0.29) is 16.6 Å². The summed E-state index contributed by atoms with van der Waals surface area (Å²) in [5, 5.41) is 8.94. The largest absolute Gasteiger partial charge is 0.481 e. The molecule has 0 atom stereocenters. The summed E-state index contributed by atoms with van der Waals surface area (Å²) in [6.07, 6.45) is 2.94. The van der Waals surface area contributed by atoms with Crippen LogP contribution in [-0.2, 0) is 19.6 Å². The van der Waals surface area contributed by atoms with Crippen LogP contribution in [0.3, 0.4) is 0 Å². The molecule has 126 valence electrons. The van der Waals surface area contributed by atoms with Crippen LogP contribution in [0.2, 0.25) is 0 Å². The number of nitrogens with one attached hydrogen (secondary N) is 1. The maximum atomic E-state index is 12.3. The standard InChI is InChI=1S/C14H18N2O6S/c1-22-14(19)12-7-6-11(8-15-12)23(20,21)16-10-4-2-9(3-5-10)13(17)18/h6-10,16H,2-5H2,1H3,(H,17,18). The van der Waals surface area contributed by atoms with Crippen LogP contribution in [0, 0.1) is 5.92 Å². The number of carboxylic acids is 1. The Bertz CT molecular complexity index is 678. The number of carbonyl (C=O) groups excluding carboxylic acids is 1. The maximum absolute atomic E-state index is 12.3. The molecule has 23 heavy (non-hydrogen) atoms. The number of sulfonamides is 1. The molecule has 1 aromatic heterocycles. The monoisotopic (exact) mass is 342 g/mol. The van der Waals surface area contributed by atoms with Gasteiger partial charge in [-0.3, -0.25) is 4.79 Å². The molecule has 1 fully saturated rings. The lowest BCUT2D eigenvalue weighted by molar-refractivity contribution is -0.142. The van der Waals surface area contributed by atoms with Gasteiger partial charge in [0.25, 0.3) is 0 Å². The Morgan fingerprint density at radius 3 is 2.39 bits per heavy atom. The first-order valence-corrected chi connectivity index (χ1v) is 8.61. The Morgan fingerprint density at radius 1 is 1.26 bits per heavy atom. The number of carbonyl (C=O) groups is 2. The van der Waals surface area contributed by atoms with Gasteiger partial charge < -0.3 is 9.84 Å². The van der Waals surface area contributed by atoms with Crippen LogP contribution in [0.1, 0.15) is 36.2 Å². The number of aromatic nitrogens is 1. The van der Waals surface area contributed by atoms with E-state index in [9.17, 15) is 18.0 Å². The highest BCUT2D eigenvalue weighted by Crippen LogP contribution is 2.25. The molecule has 2 rings (SSSR count). The van der Waals surface area contributed by atoms with Gasteiger partial charge in [-0.25, -0.2) is 22.9 Å². The summed E-state index contributed by atoms with van der Waals surface area (Å²) in [6.45, 7) is 0. The van der Waals surface area contributed by atoms with Gasteiger partial charge in [-0.1, -0.05) is 0 Å². The van der Waals surface area contributed by atoms with Crippen molar-refractivity contribution < 1.29 is 27.9 Å². The molecule has 0 spiro atoms. The van der Waals surface area contributed by atoms with Crippen molar-refractivity contribution >= 4 is 22.0 Å². The number of carboxylic acid groups (broad SMARTS) is 1. The van der Waals surface area contributed by atoms with E-state index in [0.29, 0.717) is 25.7 Å². The highest BCUT2D eigenvalue weighted by Gasteiger charge is 2.29. The molecular formula is C14H18N2O6S. The van der Waals surface area contributed by atoms with Crippen LogP contribution in [-0.4, -0.2) is 43.6 Å². The Hall–Kier alpha value is -2.00. The number of ether oxygens (including phenoxy) is 1. The summed E-state index contributed by atoms with van der Waals surface area (Å²) in [7, 11) is -2.55. The molecule has 0 unspecified atom stereocenters. The van der Waals surface area contributed by atoms with Crippen LogP contribution in [0.15, 0.2) is 23.2 Å². The molecule has 0 aromatic carbocycles. The van der Waals surface area contributed by atoms with E-state index in [1.807, 2.05) is 0 Å². The van der Waals surface area contributed by atoms with Crippen molar-refractivity contribution in [3.63, 3.8) is 0 Å². The molecule has 1 aliphatic rings. The van der Waals surface area contributed by atoms with Gasteiger partial charge in [0, 0.05) is 12.2 Å². The third-order valence-corrected chi connectivity index (χ3v) is 5.35. The third-order valence-electron chi connectivity index (χ3n) is 3.84. The van der Waals surface area contributed by atoms with Crippen LogP contribution in [0.4, 0.5) is 0 Å². The second kappa shape index (κ2) is 7.05. The van der Waals surface area contributed by atoms with Gasteiger partial charge in [0.2, 0.25) is 10.0 Å². The van der Waals surface area contributed by atoms with E-state index in [0.717, 1.165) is 6.20 Å². The van der Waals surface area contributed by atoms with Crippen molar-refractivity contribution in [2.75, 3.05) is 7.11 Å². The molecule has 1 aliphatic carbocycles. The summed E-state index contributed by atoms with van der Waals surface area (Å²) in [4.78, 5) is 25.9. The second-order valence-electron chi connectivity index (χ2n) is 5.38. The third kappa shape index (κ3) is 4.26. The fourth-order valence-electron chi connectivity index (χ4n) is 2.51. The van der Waals surface area contributed by atoms with Gasteiger partial charge in [-0.15, -0.1) is 0 Å². The molecule has 1 saturated carbocycles. The number of hydrogen-bond donors (Lipinski definition) is 2. The van der Waals surface area contributed by atoms with Crippen molar-refractivity contribution in [2.24, 2.45) is 5.92 Å². The summed E-state index contributed by atoms with van der Waals surface area (Å²) in [6, 6.07) is 2.27. The number of esters is 1. The average molecular weight is 342 g/mol. The quantitative estimate of drug-likeness (QED) is 0.758. The Labute approximate surface area is 133 Å². The van der Waals surface area contributed by atoms with E-state index in [1.54, 1.807) is 0 Å². The van der Waals surface area contributed by atoms with E-state index < -0.39 is 27.9 Å². The Morgan fingerprint density at radius 2 is 1.91 bits per heavy atom. The number of methoxy groups -OCH3 is 1. The highest BCUT2D eigenvalue weighted by atomic mass is 32.2. The fourth-order valence-corrected chi connectivity index (χ4v) is 3.76. The molecule has 8 nitrogen and oxygen atoms in total.